The van der Waals surface area contributed by atoms with Crippen LogP contribution in [0, 0.1) is 0 Å². The molecule has 0 aromatic heterocycles. The molecule has 4 atom stereocenters. The second-order valence-electron chi connectivity index (χ2n) is 6.22. The first kappa shape index (κ1) is 17.7. The Morgan fingerprint density at radius 1 is 0.880 bits per heavy atom. The van der Waals surface area contributed by atoms with Crippen molar-refractivity contribution < 1.29 is 12.6 Å². The van der Waals surface area contributed by atoms with Gasteiger partial charge in [0.2, 0.25) is 0 Å². The van der Waals surface area contributed by atoms with E-state index in [0.717, 1.165) is 39.6 Å². The molecule has 0 N–H and O–H groups in total. The Morgan fingerprint density at radius 3 is 2.00 bits per heavy atom. The molecule has 7 heteroatoms. The van der Waals surface area contributed by atoms with E-state index in [9.17, 15) is 4.21 Å². The quantitative estimate of drug-likeness (QED) is 0.592. The molecule has 132 valence electrons. The molecule has 0 bridgehead atoms. The molecule has 2 aliphatic rings. The third-order valence-electron chi connectivity index (χ3n) is 4.67. The van der Waals surface area contributed by atoms with E-state index < -0.39 is 11.4 Å². The lowest BCUT2D eigenvalue weighted by molar-refractivity contribution is 0.0920. The van der Waals surface area contributed by atoms with Gasteiger partial charge < -0.3 is 4.90 Å². The van der Waals surface area contributed by atoms with Crippen molar-refractivity contribution in [3.63, 3.8) is 0 Å². The van der Waals surface area contributed by atoms with Crippen LogP contribution in [0.2, 0.25) is 0 Å². The molecular formula is C18H17Br2NO3S. The van der Waals surface area contributed by atoms with Crippen LogP contribution in [-0.2, 0) is 19.7 Å². The molecule has 2 aromatic carbocycles. The predicted octanol–water partition coefficient (Wildman–Crippen LogP) is 5.26. The van der Waals surface area contributed by atoms with Crippen LogP contribution >= 0.6 is 31.9 Å². The average Bonchev–Trinajstić information content (AvgIpc) is 2.99. The smallest absolute Gasteiger partial charge is 0.305 e. The highest BCUT2D eigenvalue weighted by Crippen LogP contribution is 2.39. The summed E-state index contributed by atoms with van der Waals surface area (Å²) >= 11 is 5.36. The van der Waals surface area contributed by atoms with E-state index >= 15 is 0 Å². The largest absolute Gasteiger partial charge is 0.336 e. The molecule has 2 fully saturated rings. The van der Waals surface area contributed by atoms with Crippen molar-refractivity contribution in [2.24, 2.45) is 0 Å². The first-order valence-corrected chi connectivity index (χ1v) is 10.8. The van der Waals surface area contributed by atoms with Gasteiger partial charge in [-0.05, 0) is 67.8 Å². The van der Waals surface area contributed by atoms with Crippen LogP contribution in [0.3, 0.4) is 0 Å². The van der Waals surface area contributed by atoms with Gasteiger partial charge in [-0.2, -0.15) is 4.21 Å². The minimum absolute atomic E-state index is 0.0764. The molecule has 1 aliphatic carbocycles. The summed E-state index contributed by atoms with van der Waals surface area (Å²) in [6.45, 7) is 0. The predicted molar refractivity (Wildman–Crippen MR) is 106 cm³/mol. The molecule has 4 rings (SSSR count). The van der Waals surface area contributed by atoms with Crippen LogP contribution < -0.4 is 4.90 Å². The van der Waals surface area contributed by atoms with E-state index in [0.29, 0.717) is 0 Å². The molecule has 0 amide bonds. The van der Waals surface area contributed by atoms with E-state index in [1.54, 1.807) is 0 Å². The summed E-state index contributed by atoms with van der Waals surface area (Å²) in [7, 11) is 0. The summed E-state index contributed by atoms with van der Waals surface area (Å²) in [4.78, 5) is 2.28. The average molecular weight is 487 g/mol. The van der Waals surface area contributed by atoms with E-state index in [2.05, 4.69) is 61.0 Å². The van der Waals surface area contributed by atoms with Gasteiger partial charge in [0, 0.05) is 20.3 Å². The maximum absolute atomic E-state index is 11.8. The Morgan fingerprint density at radius 2 is 1.44 bits per heavy atom. The van der Waals surface area contributed by atoms with Gasteiger partial charge in [-0.25, -0.2) is 0 Å². The lowest BCUT2D eigenvalue weighted by Crippen LogP contribution is -2.48. The molecule has 2 aromatic rings. The van der Waals surface area contributed by atoms with Crippen molar-refractivity contribution in [1.82, 2.24) is 0 Å². The molecule has 4 nitrogen and oxygen atoms in total. The summed E-state index contributed by atoms with van der Waals surface area (Å²) in [5.41, 5.74) is 2.16. The minimum Gasteiger partial charge on any atom is -0.336 e. The Balaban J connectivity index is 1.75. The van der Waals surface area contributed by atoms with Crippen LogP contribution in [0.1, 0.15) is 19.3 Å². The number of benzene rings is 2. The first-order chi connectivity index (χ1) is 12.1. The lowest BCUT2D eigenvalue weighted by Gasteiger charge is -2.40. The molecule has 1 saturated carbocycles. The Kier molecular flexibility index (Phi) is 5.29. The Labute approximate surface area is 166 Å². The summed E-state index contributed by atoms with van der Waals surface area (Å²) in [6.07, 6.45) is 2.58. The van der Waals surface area contributed by atoms with Gasteiger partial charge in [0.05, 0.1) is 6.04 Å². The minimum atomic E-state index is -1.64. The van der Waals surface area contributed by atoms with Crippen LogP contribution in [0.25, 0.3) is 0 Å². The van der Waals surface area contributed by atoms with E-state index in [1.807, 2.05) is 24.3 Å². The van der Waals surface area contributed by atoms with Gasteiger partial charge in [-0.1, -0.05) is 31.9 Å². The number of nitrogens with zero attached hydrogens (tertiary/aromatic N) is 1. The topological polar surface area (TPSA) is 38.8 Å². The van der Waals surface area contributed by atoms with Gasteiger partial charge in [0.15, 0.2) is 0 Å². The summed E-state index contributed by atoms with van der Waals surface area (Å²) < 4.78 is 25.0. The third-order valence-corrected chi connectivity index (χ3v) is 6.51. The first-order valence-electron chi connectivity index (χ1n) is 8.18. The second kappa shape index (κ2) is 7.48. The monoisotopic (exact) mass is 485 g/mol. The SMILES string of the molecule is O=S1O[C@H]2[C@H](N(c3ccc(Br)cc3)c3ccc(Br)cc3)CCC[C@H]2O1. The molecule has 0 radical (unpaired) electrons. The van der Waals surface area contributed by atoms with Crippen molar-refractivity contribution in [2.75, 3.05) is 4.90 Å². The maximum atomic E-state index is 11.8. The van der Waals surface area contributed by atoms with Crippen molar-refractivity contribution in [3.8, 4) is 0 Å². The van der Waals surface area contributed by atoms with Crippen molar-refractivity contribution in [2.45, 2.75) is 37.5 Å². The molecular weight excluding hydrogens is 470 g/mol. The highest BCUT2D eigenvalue weighted by atomic mass is 79.9. The zero-order valence-corrected chi connectivity index (χ0v) is 17.3. The van der Waals surface area contributed by atoms with Crippen molar-refractivity contribution in [3.05, 3.63) is 57.5 Å². The molecule has 1 aliphatic heterocycles. The normalized spacial score (nSPS) is 28.6. The Hall–Kier alpha value is -0.730. The summed E-state index contributed by atoms with van der Waals surface area (Å²) in [6, 6.07) is 16.6. The maximum Gasteiger partial charge on any atom is 0.305 e. The standard InChI is InChI=1S/C18H17Br2NO3S/c19-12-4-8-14(9-5-12)21(15-10-6-13(20)7-11-15)16-2-1-3-17-18(16)24-25(22)23-17/h4-11,16-18H,1-3H2/t16-,17-,18+,25?/m1/s1. The highest BCUT2D eigenvalue weighted by Gasteiger charge is 2.45. The fourth-order valence-corrected chi connectivity index (χ4v) is 4.97. The van der Waals surface area contributed by atoms with Gasteiger partial charge in [-0.3, -0.25) is 8.37 Å². The summed E-state index contributed by atoms with van der Waals surface area (Å²) in [5.74, 6) is 0. The van der Waals surface area contributed by atoms with E-state index in [-0.39, 0.29) is 18.2 Å². The number of fused-ring (bicyclic) bond motifs is 1. The van der Waals surface area contributed by atoms with Gasteiger partial charge >= 0.3 is 11.4 Å². The zero-order valence-electron chi connectivity index (χ0n) is 13.3. The lowest BCUT2D eigenvalue weighted by atomic mass is 9.88. The highest BCUT2D eigenvalue weighted by molar-refractivity contribution is 9.10. The van der Waals surface area contributed by atoms with Crippen molar-refractivity contribution in [1.29, 1.82) is 0 Å². The molecule has 1 heterocycles. The zero-order chi connectivity index (χ0) is 17.4. The van der Waals surface area contributed by atoms with Gasteiger partial charge in [-0.15, -0.1) is 0 Å². The van der Waals surface area contributed by atoms with Gasteiger partial charge in [0.1, 0.15) is 12.2 Å². The summed E-state index contributed by atoms with van der Waals surface area (Å²) in [5, 5.41) is 0. The fraction of sp³-hybridized carbons (Fsp3) is 0.333. The second-order valence-corrected chi connectivity index (χ2v) is 8.85. The van der Waals surface area contributed by atoms with Crippen LogP contribution in [0.15, 0.2) is 57.5 Å². The fourth-order valence-electron chi connectivity index (χ4n) is 3.56. The molecule has 1 unspecified atom stereocenters. The van der Waals surface area contributed by atoms with Crippen molar-refractivity contribution >= 4 is 54.6 Å². The van der Waals surface area contributed by atoms with Gasteiger partial charge in [0.25, 0.3) is 0 Å². The number of hydrogen-bond acceptors (Lipinski definition) is 4. The third kappa shape index (κ3) is 3.71. The van der Waals surface area contributed by atoms with E-state index in [1.165, 1.54) is 0 Å². The number of rotatable bonds is 3. The Bertz CT molecular complexity index is 723. The van der Waals surface area contributed by atoms with Crippen LogP contribution in [-0.4, -0.2) is 22.5 Å². The number of anilines is 2. The van der Waals surface area contributed by atoms with Crippen LogP contribution in [0.5, 0.6) is 0 Å². The number of halogens is 2. The van der Waals surface area contributed by atoms with E-state index in [4.69, 9.17) is 8.37 Å². The van der Waals surface area contributed by atoms with Crippen LogP contribution in [0.4, 0.5) is 11.4 Å². The number of hydrogen-bond donors (Lipinski definition) is 0. The molecule has 1 saturated heterocycles. The molecule has 25 heavy (non-hydrogen) atoms. The molecule has 0 spiro atoms.